The highest BCUT2D eigenvalue weighted by molar-refractivity contribution is 7.52. The minimum atomic E-state index is -3.35. The highest BCUT2D eigenvalue weighted by Crippen LogP contribution is 2.50. The van der Waals surface area contributed by atoms with Crippen LogP contribution in [0.1, 0.15) is 26.3 Å². The molecule has 4 nitrogen and oxygen atoms in total. The summed E-state index contributed by atoms with van der Waals surface area (Å²) in [6.07, 6.45) is 0. The maximum absolute atomic E-state index is 12.2. The Bertz CT molecular complexity index is 407. The van der Waals surface area contributed by atoms with E-state index < -0.39 is 7.75 Å². The summed E-state index contributed by atoms with van der Waals surface area (Å²) in [4.78, 5) is 0. The highest BCUT2D eigenvalue weighted by atomic mass is 31.2. The molecule has 0 saturated heterocycles. The van der Waals surface area contributed by atoms with E-state index in [1.165, 1.54) is 0 Å². The third-order valence-electron chi connectivity index (χ3n) is 2.05. The van der Waals surface area contributed by atoms with Crippen LogP contribution in [0.5, 0.6) is 0 Å². The van der Waals surface area contributed by atoms with Crippen molar-refractivity contribution in [3.05, 3.63) is 35.9 Å². The van der Waals surface area contributed by atoms with E-state index in [4.69, 9.17) is 9.05 Å². The molecule has 5 heteroatoms. The Labute approximate surface area is 102 Å². The van der Waals surface area contributed by atoms with Crippen LogP contribution in [-0.2, 0) is 13.6 Å². The van der Waals surface area contributed by atoms with Gasteiger partial charge in [-0.3, -0.25) is 9.05 Å². The summed E-state index contributed by atoms with van der Waals surface area (Å²) >= 11 is 0. The van der Waals surface area contributed by atoms with Crippen LogP contribution in [0.2, 0.25) is 0 Å². The quantitative estimate of drug-likeness (QED) is 0.575. The van der Waals surface area contributed by atoms with E-state index in [1.54, 1.807) is 20.8 Å². The minimum absolute atomic E-state index is 0.308. The van der Waals surface area contributed by atoms with Gasteiger partial charge in [-0.05, 0) is 26.3 Å². The molecule has 0 aliphatic rings. The Morgan fingerprint density at radius 1 is 1.18 bits per heavy atom. The summed E-state index contributed by atoms with van der Waals surface area (Å²) in [7, 11) is -3.35. The number of nitrogens with zero attached hydrogens (tertiary/aromatic N) is 1. The zero-order valence-corrected chi connectivity index (χ0v) is 11.3. The first kappa shape index (κ1) is 14.1. The topological polar surface area (TPSA) is 47.9 Å². The Morgan fingerprint density at radius 3 is 2.18 bits per heavy atom. The van der Waals surface area contributed by atoms with Crippen molar-refractivity contribution in [1.82, 2.24) is 0 Å². The van der Waals surface area contributed by atoms with Crippen molar-refractivity contribution in [2.24, 2.45) is 4.76 Å². The maximum atomic E-state index is 12.2. The Kier molecular flexibility index (Phi) is 5.56. The molecule has 1 rings (SSSR count). The molecule has 1 aromatic carbocycles. The van der Waals surface area contributed by atoms with Crippen LogP contribution in [0.4, 0.5) is 0 Å². The van der Waals surface area contributed by atoms with Gasteiger partial charge in [-0.15, -0.1) is 0 Å². The summed E-state index contributed by atoms with van der Waals surface area (Å²) in [6.45, 7) is 5.93. The van der Waals surface area contributed by atoms with Gasteiger partial charge in [-0.2, -0.15) is 4.76 Å². The summed E-state index contributed by atoms with van der Waals surface area (Å²) in [5.41, 5.74) is 1.56. The molecule has 17 heavy (non-hydrogen) atoms. The lowest BCUT2D eigenvalue weighted by Gasteiger charge is -2.12. The molecule has 94 valence electrons. The molecule has 0 fully saturated rings. The molecule has 0 spiro atoms. The largest absolute Gasteiger partial charge is 0.454 e. The monoisotopic (exact) mass is 255 g/mol. The predicted octanol–water partition coefficient (Wildman–Crippen LogP) is 3.68. The average Bonchev–Trinajstić information content (AvgIpc) is 2.30. The van der Waals surface area contributed by atoms with Crippen LogP contribution >= 0.6 is 7.75 Å². The fourth-order valence-corrected chi connectivity index (χ4v) is 2.67. The zero-order valence-electron chi connectivity index (χ0n) is 10.4. The fourth-order valence-electron chi connectivity index (χ4n) is 1.34. The van der Waals surface area contributed by atoms with Crippen LogP contribution in [0.3, 0.4) is 0 Å². The van der Waals surface area contributed by atoms with Crippen LogP contribution in [0, 0.1) is 0 Å². The summed E-state index contributed by atoms with van der Waals surface area (Å²) in [5, 5.41) is 0. The highest BCUT2D eigenvalue weighted by Gasteiger charge is 2.22. The lowest BCUT2D eigenvalue weighted by Crippen LogP contribution is -1.99. The lowest BCUT2D eigenvalue weighted by molar-refractivity contribution is 0.221. The van der Waals surface area contributed by atoms with Gasteiger partial charge in [0.15, 0.2) is 0 Å². The second-order valence-corrected chi connectivity index (χ2v) is 5.01. The van der Waals surface area contributed by atoms with Crippen molar-refractivity contribution in [2.75, 3.05) is 13.2 Å². The van der Waals surface area contributed by atoms with Crippen molar-refractivity contribution in [1.29, 1.82) is 0 Å². The van der Waals surface area contributed by atoms with Crippen molar-refractivity contribution in [3.63, 3.8) is 0 Å². The van der Waals surface area contributed by atoms with Crippen LogP contribution in [0.15, 0.2) is 35.1 Å². The van der Waals surface area contributed by atoms with E-state index >= 15 is 0 Å². The van der Waals surface area contributed by atoms with Gasteiger partial charge in [0.2, 0.25) is 0 Å². The van der Waals surface area contributed by atoms with Crippen LogP contribution in [-0.4, -0.2) is 18.9 Å². The van der Waals surface area contributed by atoms with Gasteiger partial charge in [-0.25, -0.2) is 4.57 Å². The SMILES string of the molecule is CCOP(=O)(/N=C(/C)c1ccccc1)OCC. The molecule has 0 heterocycles. The molecule has 0 bridgehead atoms. The van der Waals surface area contributed by atoms with Crippen LogP contribution < -0.4 is 0 Å². The third kappa shape index (κ3) is 4.43. The standard InChI is InChI=1S/C12H18NO3P/c1-4-15-17(14,16-5-2)13-11(3)12-9-7-6-8-10-12/h6-10H,4-5H2,1-3H3/b13-11-. The molecule has 0 atom stereocenters. The molecule has 1 aromatic rings. The molecule has 0 unspecified atom stereocenters. The van der Waals surface area contributed by atoms with Gasteiger partial charge in [0, 0.05) is 0 Å². The summed E-state index contributed by atoms with van der Waals surface area (Å²) in [6, 6.07) is 9.53. The smallest absolute Gasteiger partial charge is 0.291 e. The number of hydrogen-bond donors (Lipinski definition) is 0. The average molecular weight is 255 g/mol. The van der Waals surface area contributed by atoms with E-state index in [0.717, 1.165) is 5.56 Å². The van der Waals surface area contributed by atoms with Gasteiger partial charge in [0.25, 0.3) is 0 Å². The zero-order chi connectivity index (χ0) is 12.7. The van der Waals surface area contributed by atoms with Gasteiger partial charge < -0.3 is 0 Å². The molecular formula is C12H18NO3P. The Balaban J connectivity index is 2.95. The molecule has 0 amide bonds. The first-order valence-electron chi connectivity index (χ1n) is 5.62. The fraction of sp³-hybridized carbons (Fsp3) is 0.417. The molecule has 0 radical (unpaired) electrons. The Morgan fingerprint density at radius 2 is 1.71 bits per heavy atom. The van der Waals surface area contributed by atoms with Gasteiger partial charge in [0.05, 0.1) is 18.9 Å². The van der Waals surface area contributed by atoms with Gasteiger partial charge in [0.1, 0.15) is 0 Å². The summed E-state index contributed by atoms with van der Waals surface area (Å²) < 4.78 is 26.5. The second kappa shape index (κ2) is 6.70. The number of hydrogen-bond acceptors (Lipinski definition) is 3. The van der Waals surface area contributed by atoms with Gasteiger partial charge >= 0.3 is 7.75 Å². The van der Waals surface area contributed by atoms with E-state index in [1.807, 2.05) is 30.3 Å². The Hall–Kier alpha value is -0.960. The molecule has 0 N–H and O–H groups in total. The maximum Gasteiger partial charge on any atom is 0.454 e. The normalized spacial score (nSPS) is 12.8. The molecule has 0 aromatic heterocycles. The van der Waals surface area contributed by atoms with E-state index in [2.05, 4.69) is 4.76 Å². The molecule has 0 aliphatic carbocycles. The molecule has 0 aliphatic heterocycles. The minimum Gasteiger partial charge on any atom is -0.291 e. The first-order chi connectivity index (χ1) is 8.11. The van der Waals surface area contributed by atoms with E-state index in [9.17, 15) is 4.57 Å². The van der Waals surface area contributed by atoms with Gasteiger partial charge in [-0.1, -0.05) is 30.3 Å². The van der Waals surface area contributed by atoms with Crippen molar-refractivity contribution < 1.29 is 13.6 Å². The third-order valence-corrected chi connectivity index (χ3v) is 3.76. The van der Waals surface area contributed by atoms with Crippen LogP contribution in [0.25, 0.3) is 0 Å². The molecular weight excluding hydrogens is 237 g/mol. The first-order valence-corrected chi connectivity index (χ1v) is 7.12. The number of rotatable bonds is 6. The molecule has 0 saturated carbocycles. The number of benzene rings is 1. The second-order valence-electron chi connectivity index (χ2n) is 3.36. The van der Waals surface area contributed by atoms with Crippen molar-refractivity contribution >= 4 is 13.5 Å². The van der Waals surface area contributed by atoms with E-state index in [0.29, 0.717) is 18.9 Å². The summed E-state index contributed by atoms with van der Waals surface area (Å²) in [5.74, 6) is 0. The lowest BCUT2D eigenvalue weighted by atomic mass is 10.1. The van der Waals surface area contributed by atoms with Crippen molar-refractivity contribution in [2.45, 2.75) is 20.8 Å². The van der Waals surface area contributed by atoms with E-state index in [-0.39, 0.29) is 0 Å². The van der Waals surface area contributed by atoms with Crippen molar-refractivity contribution in [3.8, 4) is 0 Å². The predicted molar refractivity (Wildman–Crippen MR) is 69.5 cm³/mol.